The van der Waals surface area contributed by atoms with Crippen molar-refractivity contribution in [2.75, 3.05) is 5.43 Å². The summed E-state index contributed by atoms with van der Waals surface area (Å²) >= 11 is 0. The highest BCUT2D eigenvalue weighted by atomic mass is 15.3. The Morgan fingerprint density at radius 2 is 2.56 bits per heavy atom. The van der Waals surface area contributed by atoms with Gasteiger partial charge in [-0.15, -0.1) is 0 Å². The van der Waals surface area contributed by atoms with Crippen LogP contribution in [0.2, 0.25) is 0 Å². The molecule has 9 heavy (non-hydrogen) atoms. The third kappa shape index (κ3) is 0.561. The van der Waals surface area contributed by atoms with Crippen molar-refractivity contribution >= 4 is 12.0 Å². The van der Waals surface area contributed by atoms with Gasteiger partial charge in [-0.2, -0.15) is 0 Å². The maximum absolute atomic E-state index is 3.91. The molecule has 0 spiro atoms. The molecule has 0 fully saturated rings. The summed E-state index contributed by atoms with van der Waals surface area (Å²) < 4.78 is 0. The van der Waals surface area contributed by atoms with Crippen LogP contribution in [0.4, 0.5) is 5.82 Å². The van der Waals surface area contributed by atoms with Crippen LogP contribution in [0.15, 0.2) is 12.5 Å². The zero-order valence-electron chi connectivity index (χ0n) is 4.57. The van der Waals surface area contributed by atoms with Crippen LogP contribution >= 0.6 is 0 Å². The molecule has 0 aliphatic carbocycles. The zero-order chi connectivity index (χ0) is 6.10. The first kappa shape index (κ1) is 4.43. The highest BCUT2D eigenvalue weighted by Crippen LogP contribution is 2.07. The van der Waals surface area contributed by atoms with Crippen molar-refractivity contribution in [3.05, 3.63) is 18.1 Å². The Labute approximate surface area is 51.6 Å². The summed E-state index contributed by atoms with van der Waals surface area (Å²) in [7, 11) is 0. The number of hydrogen-bond donors (Lipinski definition) is 1. The summed E-state index contributed by atoms with van der Waals surface area (Å²) in [5, 5.41) is 3.77. The van der Waals surface area contributed by atoms with Crippen LogP contribution in [0.25, 0.3) is 0 Å². The minimum absolute atomic E-state index is 0.782. The van der Waals surface area contributed by atoms with Gasteiger partial charge in [0, 0.05) is 6.20 Å². The summed E-state index contributed by atoms with van der Waals surface area (Å²) in [6.45, 7) is 0. The van der Waals surface area contributed by atoms with E-state index in [1.54, 1.807) is 12.4 Å². The zero-order valence-corrected chi connectivity index (χ0v) is 4.57. The third-order valence-electron chi connectivity index (χ3n) is 1.11. The molecule has 1 radical (unpaired) electrons. The van der Waals surface area contributed by atoms with Gasteiger partial charge in [0.2, 0.25) is 5.82 Å². The van der Waals surface area contributed by atoms with Crippen LogP contribution in [0.1, 0.15) is 5.56 Å². The van der Waals surface area contributed by atoms with Gasteiger partial charge < -0.3 is 0 Å². The summed E-state index contributed by atoms with van der Waals surface area (Å²) in [4.78, 5) is 7.73. The molecule has 1 aliphatic rings. The molecule has 1 N–H and O–H groups in total. The van der Waals surface area contributed by atoms with E-state index in [9.17, 15) is 0 Å². The highest BCUT2D eigenvalue weighted by Gasteiger charge is 2.14. The number of nitrogens with zero attached hydrogens (tertiary/aromatic N) is 3. The van der Waals surface area contributed by atoms with Crippen LogP contribution in [-0.2, 0) is 0 Å². The van der Waals surface area contributed by atoms with E-state index in [0.717, 1.165) is 11.4 Å². The minimum Gasteiger partial charge on any atom is -0.244 e. The molecule has 2 rings (SSSR count). The second kappa shape index (κ2) is 1.51. The van der Waals surface area contributed by atoms with E-state index >= 15 is 0 Å². The van der Waals surface area contributed by atoms with Crippen molar-refractivity contribution < 1.29 is 0 Å². The average Bonchev–Trinajstić information content (AvgIpc) is 2.33. The van der Waals surface area contributed by atoms with Gasteiger partial charge in [-0.1, -0.05) is 5.43 Å². The molecule has 0 saturated heterocycles. The lowest BCUT2D eigenvalue weighted by molar-refractivity contribution is 1.13. The first-order chi connectivity index (χ1) is 4.47. The van der Waals surface area contributed by atoms with Gasteiger partial charge in [0.25, 0.3) is 6.21 Å². The first-order valence-electron chi connectivity index (χ1n) is 2.56. The molecule has 4 nitrogen and oxygen atoms in total. The lowest BCUT2D eigenvalue weighted by atomic mass is 10.3. The number of nitrogens with one attached hydrogen (secondary N) is 1. The molecule has 1 aromatic heterocycles. The van der Waals surface area contributed by atoms with Gasteiger partial charge in [0.15, 0.2) is 5.10 Å². The van der Waals surface area contributed by atoms with E-state index in [-0.39, 0.29) is 0 Å². The van der Waals surface area contributed by atoms with Crippen molar-refractivity contribution in [2.45, 2.75) is 0 Å². The summed E-state index contributed by atoms with van der Waals surface area (Å²) in [6.07, 6.45) is 4.89. The molecule has 4 heteroatoms. The van der Waals surface area contributed by atoms with Gasteiger partial charge in [-0.25, -0.2) is 9.97 Å². The maximum atomic E-state index is 3.91. The van der Waals surface area contributed by atoms with Gasteiger partial charge in [-0.05, 0) is 0 Å². The largest absolute Gasteiger partial charge is 0.287 e. The Bertz CT molecular complexity index is 255. The standard InChI is InChI=1S/C5H4N4/c1-4-2-8-9-5(4)7-3-6-1/h1-3H,(H,6,7,9)/q+1. The van der Waals surface area contributed by atoms with Gasteiger partial charge >= 0.3 is 0 Å². The van der Waals surface area contributed by atoms with E-state index in [4.69, 9.17) is 0 Å². The number of hydrazone groups is 1. The second-order valence-corrected chi connectivity index (χ2v) is 1.70. The lowest BCUT2D eigenvalue weighted by Crippen LogP contribution is -1.94. The minimum atomic E-state index is 0.782. The molecule has 0 aromatic carbocycles. The molecule has 0 amide bonds. The van der Waals surface area contributed by atoms with Crippen LogP contribution in [-0.4, -0.2) is 16.2 Å². The second-order valence-electron chi connectivity index (χ2n) is 1.70. The SMILES string of the molecule is C1=[N+]Nc2ncncc21. The van der Waals surface area contributed by atoms with Crippen LogP contribution < -0.4 is 10.5 Å². The van der Waals surface area contributed by atoms with E-state index in [2.05, 4.69) is 20.5 Å². The molecule has 0 atom stereocenters. The predicted octanol–water partition coefficient (Wildman–Crippen LogP) is -0.428. The quantitative estimate of drug-likeness (QED) is 0.505. The van der Waals surface area contributed by atoms with Crippen molar-refractivity contribution in [2.24, 2.45) is 0 Å². The Kier molecular flexibility index (Phi) is 0.745. The van der Waals surface area contributed by atoms with Crippen LogP contribution in [0.5, 0.6) is 0 Å². The summed E-state index contributed by atoms with van der Waals surface area (Å²) in [5.41, 5.74) is 3.66. The van der Waals surface area contributed by atoms with Gasteiger partial charge in [0.05, 0.1) is 0 Å². The van der Waals surface area contributed by atoms with E-state index in [1.807, 2.05) is 0 Å². The van der Waals surface area contributed by atoms with E-state index in [1.165, 1.54) is 6.33 Å². The molecule has 0 saturated carbocycles. The van der Waals surface area contributed by atoms with Crippen molar-refractivity contribution in [1.82, 2.24) is 15.1 Å². The number of anilines is 1. The predicted molar refractivity (Wildman–Crippen MR) is 33.0 cm³/mol. The van der Waals surface area contributed by atoms with Crippen molar-refractivity contribution in [3.8, 4) is 0 Å². The van der Waals surface area contributed by atoms with Gasteiger partial charge in [0.1, 0.15) is 11.9 Å². The number of fused-ring (bicyclic) bond motifs is 1. The van der Waals surface area contributed by atoms with Crippen LogP contribution in [0, 0.1) is 0 Å². The lowest BCUT2D eigenvalue weighted by Gasteiger charge is -1.84. The Morgan fingerprint density at radius 1 is 1.56 bits per heavy atom. The smallest absolute Gasteiger partial charge is 0.244 e. The van der Waals surface area contributed by atoms with Crippen LogP contribution in [0.3, 0.4) is 0 Å². The summed E-state index contributed by atoms with van der Waals surface area (Å²) in [6, 6.07) is 0. The van der Waals surface area contributed by atoms with Crippen molar-refractivity contribution in [3.63, 3.8) is 0 Å². The number of rotatable bonds is 0. The molecular weight excluding hydrogens is 116 g/mol. The topological polar surface area (TPSA) is 51.9 Å². The maximum Gasteiger partial charge on any atom is 0.287 e. The fraction of sp³-hybridized carbons (Fsp3) is 0. The normalized spacial score (nSPS) is 12.9. The number of aromatic nitrogens is 2. The number of hydrogen-bond acceptors (Lipinski definition) is 4. The molecular formula is C5H4N4+. The van der Waals surface area contributed by atoms with Gasteiger partial charge in [-0.3, -0.25) is 0 Å². The average molecular weight is 120 g/mol. The third-order valence-corrected chi connectivity index (χ3v) is 1.11. The molecule has 1 aliphatic heterocycles. The molecule has 0 bridgehead atoms. The highest BCUT2D eigenvalue weighted by molar-refractivity contribution is 5.88. The van der Waals surface area contributed by atoms with E-state index in [0.29, 0.717) is 0 Å². The first-order valence-corrected chi connectivity index (χ1v) is 2.56. The molecule has 43 valence electrons. The molecule has 0 unspecified atom stereocenters. The Balaban J connectivity index is 2.63. The Hall–Kier alpha value is -1.45. The molecule has 2 heterocycles. The summed E-state index contributed by atoms with van der Waals surface area (Å²) in [5.74, 6) is 0.782. The van der Waals surface area contributed by atoms with Crippen molar-refractivity contribution in [1.29, 1.82) is 0 Å². The fourth-order valence-corrected chi connectivity index (χ4v) is 0.691. The van der Waals surface area contributed by atoms with E-state index < -0.39 is 0 Å². The molecule has 1 aromatic rings. The Morgan fingerprint density at radius 3 is 3.44 bits per heavy atom. The fourth-order valence-electron chi connectivity index (χ4n) is 0.691. The monoisotopic (exact) mass is 120 g/mol.